The van der Waals surface area contributed by atoms with Crippen molar-refractivity contribution in [1.29, 1.82) is 0 Å². The van der Waals surface area contributed by atoms with E-state index in [2.05, 4.69) is 49.3 Å². The smallest absolute Gasteiger partial charge is 0.229 e. The summed E-state index contributed by atoms with van der Waals surface area (Å²) in [5.41, 5.74) is 2.80. The van der Waals surface area contributed by atoms with E-state index in [-0.39, 0.29) is 17.7 Å². The number of halogens is 1. The maximum atomic E-state index is 14.8. The summed E-state index contributed by atoms with van der Waals surface area (Å²) in [6.07, 6.45) is 6.66. The molecule has 9 heteroatoms. The summed E-state index contributed by atoms with van der Waals surface area (Å²) < 4.78 is 16.8. The number of piperazine rings is 1. The van der Waals surface area contributed by atoms with Gasteiger partial charge in [-0.2, -0.15) is 0 Å². The third kappa shape index (κ3) is 3.87. The van der Waals surface area contributed by atoms with Crippen LogP contribution in [0.2, 0.25) is 0 Å². The zero-order valence-electron chi connectivity index (χ0n) is 18.1. The molecule has 2 N–H and O–H groups in total. The SMILES string of the molecule is CC(C)n1cc(-c2nc(Nc3ccc(N4CCNCC4)cn3)ncc2F)c2cccnc21. The Morgan fingerprint density at radius 2 is 1.91 bits per heavy atom. The average Bonchev–Trinajstić information content (AvgIpc) is 3.21. The number of nitrogens with zero attached hydrogens (tertiary/aromatic N) is 6. The van der Waals surface area contributed by atoms with Crippen LogP contribution in [0.5, 0.6) is 0 Å². The van der Waals surface area contributed by atoms with Crippen molar-refractivity contribution in [1.82, 2.24) is 29.8 Å². The van der Waals surface area contributed by atoms with E-state index in [1.54, 1.807) is 6.20 Å². The van der Waals surface area contributed by atoms with Gasteiger partial charge in [-0.3, -0.25) is 0 Å². The third-order valence-corrected chi connectivity index (χ3v) is 5.62. The van der Waals surface area contributed by atoms with Crippen molar-refractivity contribution in [2.45, 2.75) is 19.9 Å². The third-order valence-electron chi connectivity index (χ3n) is 5.62. The molecule has 0 aliphatic carbocycles. The first-order valence-electron chi connectivity index (χ1n) is 10.8. The quantitative estimate of drug-likeness (QED) is 0.497. The van der Waals surface area contributed by atoms with Crippen LogP contribution >= 0.6 is 0 Å². The first kappa shape index (κ1) is 20.3. The standard InChI is InChI=1S/C23H25FN8/c1-15(2)32-14-18(17-4-3-7-26-22(17)32)21-19(24)13-28-23(30-21)29-20-6-5-16(12-27-20)31-10-8-25-9-11-31/h3-7,12-15,25H,8-11H2,1-2H3,(H,27,28,29,30). The summed E-state index contributed by atoms with van der Waals surface area (Å²) in [6, 6.07) is 7.87. The van der Waals surface area contributed by atoms with Crippen molar-refractivity contribution in [3.05, 3.63) is 54.9 Å². The number of aromatic nitrogens is 5. The Balaban J connectivity index is 1.44. The van der Waals surface area contributed by atoms with Gasteiger partial charge in [-0.25, -0.2) is 24.3 Å². The summed E-state index contributed by atoms with van der Waals surface area (Å²) in [5.74, 6) is 0.412. The van der Waals surface area contributed by atoms with Gasteiger partial charge in [-0.15, -0.1) is 0 Å². The number of hydrogen-bond donors (Lipinski definition) is 2. The minimum absolute atomic E-state index is 0.182. The molecule has 1 aliphatic rings. The molecular weight excluding hydrogens is 407 g/mol. The molecular formula is C23H25FN8. The van der Waals surface area contributed by atoms with E-state index < -0.39 is 5.82 Å². The van der Waals surface area contributed by atoms with Crippen molar-refractivity contribution in [2.24, 2.45) is 0 Å². The maximum Gasteiger partial charge on any atom is 0.229 e. The predicted octanol–water partition coefficient (Wildman–Crippen LogP) is 3.76. The van der Waals surface area contributed by atoms with Crippen LogP contribution in [0.1, 0.15) is 19.9 Å². The molecule has 1 fully saturated rings. The maximum absolute atomic E-state index is 14.8. The normalized spacial score (nSPS) is 14.3. The Morgan fingerprint density at radius 3 is 2.66 bits per heavy atom. The lowest BCUT2D eigenvalue weighted by atomic mass is 10.1. The Hall–Kier alpha value is -3.59. The highest BCUT2D eigenvalue weighted by Gasteiger charge is 2.18. The van der Waals surface area contributed by atoms with Gasteiger partial charge in [0.2, 0.25) is 5.95 Å². The average molecular weight is 433 g/mol. The number of anilines is 3. The topological polar surface area (TPSA) is 83.8 Å². The molecule has 4 aromatic rings. The minimum atomic E-state index is -0.482. The highest BCUT2D eigenvalue weighted by Crippen LogP contribution is 2.32. The van der Waals surface area contributed by atoms with Crippen molar-refractivity contribution in [2.75, 3.05) is 36.4 Å². The van der Waals surface area contributed by atoms with Crippen molar-refractivity contribution < 1.29 is 4.39 Å². The summed E-state index contributed by atoms with van der Waals surface area (Å²) in [5, 5.41) is 7.29. The molecule has 5 heterocycles. The summed E-state index contributed by atoms with van der Waals surface area (Å²) in [7, 11) is 0. The van der Waals surface area contributed by atoms with Crippen LogP contribution in [0, 0.1) is 5.82 Å². The first-order chi connectivity index (χ1) is 15.6. The Labute approximate surface area is 185 Å². The molecule has 0 radical (unpaired) electrons. The largest absolute Gasteiger partial charge is 0.368 e. The van der Waals surface area contributed by atoms with Gasteiger partial charge in [0.15, 0.2) is 5.82 Å². The van der Waals surface area contributed by atoms with E-state index in [0.29, 0.717) is 11.4 Å². The van der Waals surface area contributed by atoms with Crippen LogP contribution in [0.4, 0.5) is 21.8 Å². The number of rotatable bonds is 5. The van der Waals surface area contributed by atoms with Crippen LogP contribution in [0.3, 0.4) is 0 Å². The zero-order valence-corrected chi connectivity index (χ0v) is 18.1. The number of pyridine rings is 2. The molecule has 0 atom stereocenters. The fourth-order valence-corrected chi connectivity index (χ4v) is 3.97. The van der Waals surface area contributed by atoms with Crippen LogP contribution in [-0.2, 0) is 0 Å². The molecule has 1 aliphatic heterocycles. The first-order valence-corrected chi connectivity index (χ1v) is 10.8. The van der Waals surface area contributed by atoms with E-state index in [1.165, 1.54) is 6.20 Å². The van der Waals surface area contributed by atoms with Gasteiger partial charge in [0, 0.05) is 55.6 Å². The molecule has 0 amide bonds. The molecule has 1 saturated heterocycles. The lowest BCUT2D eigenvalue weighted by Crippen LogP contribution is -2.43. The van der Waals surface area contributed by atoms with Gasteiger partial charge in [0.25, 0.3) is 0 Å². The molecule has 0 aromatic carbocycles. The molecule has 0 unspecified atom stereocenters. The molecule has 164 valence electrons. The summed E-state index contributed by atoms with van der Waals surface area (Å²) in [6.45, 7) is 7.98. The van der Waals surface area contributed by atoms with E-state index in [1.807, 2.05) is 41.2 Å². The molecule has 0 bridgehead atoms. The lowest BCUT2D eigenvalue weighted by molar-refractivity contribution is 0.589. The Kier molecular flexibility index (Phi) is 5.40. The van der Waals surface area contributed by atoms with Crippen molar-refractivity contribution in [3.63, 3.8) is 0 Å². The van der Waals surface area contributed by atoms with Gasteiger partial charge in [0.05, 0.1) is 18.1 Å². The second-order valence-electron chi connectivity index (χ2n) is 8.07. The number of nitrogens with one attached hydrogen (secondary N) is 2. The molecule has 5 rings (SSSR count). The summed E-state index contributed by atoms with van der Waals surface area (Å²) in [4.78, 5) is 19.9. The van der Waals surface area contributed by atoms with E-state index in [4.69, 9.17) is 0 Å². The molecule has 32 heavy (non-hydrogen) atoms. The lowest BCUT2D eigenvalue weighted by Gasteiger charge is -2.29. The van der Waals surface area contributed by atoms with Crippen LogP contribution in [-0.4, -0.2) is 50.7 Å². The van der Waals surface area contributed by atoms with Gasteiger partial charge in [-0.05, 0) is 38.1 Å². The minimum Gasteiger partial charge on any atom is -0.368 e. The van der Waals surface area contributed by atoms with E-state index in [0.717, 1.165) is 42.9 Å². The fourth-order valence-electron chi connectivity index (χ4n) is 3.97. The van der Waals surface area contributed by atoms with Gasteiger partial charge < -0.3 is 20.1 Å². The second-order valence-corrected chi connectivity index (χ2v) is 8.07. The zero-order chi connectivity index (χ0) is 22.1. The monoisotopic (exact) mass is 432 g/mol. The van der Waals surface area contributed by atoms with Gasteiger partial charge in [0.1, 0.15) is 17.2 Å². The van der Waals surface area contributed by atoms with Crippen LogP contribution in [0.15, 0.2) is 49.1 Å². The molecule has 8 nitrogen and oxygen atoms in total. The number of hydrogen-bond acceptors (Lipinski definition) is 7. The van der Waals surface area contributed by atoms with Crippen molar-refractivity contribution in [3.8, 4) is 11.3 Å². The van der Waals surface area contributed by atoms with Crippen molar-refractivity contribution >= 4 is 28.5 Å². The highest BCUT2D eigenvalue weighted by molar-refractivity contribution is 5.93. The van der Waals surface area contributed by atoms with Gasteiger partial charge in [-0.1, -0.05) is 0 Å². The predicted molar refractivity (Wildman–Crippen MR) is 124 cm³/mol. The summed E-state index contributed by atoms with van der Waals surface area (Å²) >= 11 is 0. The second kappa shape index (κ2) is 8.51. The van der Waals surface area contributed by atoms with Gasteiger partial charge >= 0.3 is 0 Å². The van der Waals surface area contributed by atoms with E-state index >= 15 is 0 Å². The van der Waals surface area contributed by atoms with Crippen LogP contribution in [0.25, 0.3) is 22.3 Å². The molecule has 0 saturated carbocycles. The molecule has 0 spiro atoms. The number of fused-ring (bicyclic) bond motifs is 1. The van der Waals surface area contributed by atoms with E-state index in [9.17, 15) is 4.39 Å². The Bertz CT molecular complexity index is 1230. The molecule has 4 aromatic heterocycles. The highest BCUT2D eigenvalue weighted by atomic mass is 19.1. The van der Waals surface area contributed by atoms with Crippen LogP contribution < -0.4 is 15.5 Å². The fraction of sp³-hybridized carbons (Fsp3) is 0.304. The Morgan fingerprint density at radius 1 is 1.06 bits per heavy atom.